The third-order valence-corrected chi connectivity index (χ3v) is 2.60. The Morgan fingerprint density at radius 1 is 1.33 bits per heavy atom. The molecule has 0 aliphatic carbocycles. The molecule has 0 amide bonds. The first-order valence-corrected chi connectivity index (χ1v) is 5.91. The van der Waals surface area contributed by atoms with E-state index in [1.165, 1.54) is 0 Å². The summed E-state index contributed by atoms with van der Waals surface area (Å²) in [6, 6.07) is 1.93. The van der Waals surface area contributed by atoms with Crippen molar-refractivity contribution in [2.75, 3.05) is 12.4 Å². The van der Waals surface area contributed by atoms with Gasteiger partial charge in [0.1, 0.15) is 5.76 Å². The summed E-state index contributed by atoms with van der Waals surface area (Å²) >= 11 is 0. The molecule has 2 heterocycles. The second-order valence-electron chi connectivity index (χ2n) is 3.95. The number of nitrogens with zero attached hydrogens (tertiary/aromatic N) is 2. The highest BCUT2D eigenvalue weighted by atomic mass is 16.5. The van der Waals surface area contributed by atoms with Crippen LogP contribution < -0.4 is 10.1 Å². The molecule has 1 N–H and O–H groups in total. The van der Waals surface area contributed by atoms with Gasteiger partial charge in [-0.3, -0.25) is 4.98 Å². The number of oxazole rings is 1. The average Bonchev–Trinajstić information content (AvgIpc) is 2.84. The maximum atomic E-state index is 5.53. The van der Waals surface area contributed by atoms with E-state index in [4.69, 9.17) is 9.15 Å². The Morgan fingerprint density at radius 2 is 2.17 bits per heavy atom. The van der Waals surface area contributed by atoms with Gasteiger partial charge < -0.3 is 14.5 Å². The lowest BCUT2D eigenvalue weighted by Crippen LogP contribution is -2.02. The Balaban J connectivity index is 2.07. The van der Waals surface area contributed by atoms with Crippen LogP contribution in [0.2, 0.25) is 0 Å². The zero-order chi connectivity index (χ0) is 13.0. The molecule has 0 unspecified atom stereocenters. The van der Waals surface area contributed by atoms with Gasteiger partial charge in [-0.1, -0.05) is 6.92 Å². The minimum absolute atomic E-state index is 0.528. The molecule has 0 bridgehead atoms. The number of rotatable bonds is 5. The van der Waals surface area contributed by atoms with Gasteiger partial charge in [-0.25, -0.2) is 4.98 Å². The van der Waals surface area contributed by atoms with E-state index in [9.17, 15) is 0 Å². The lowest BCUT2D eigenvalue weighted by molar-refractivity contribution is 0.413. The second kappa shape index (κ2) is 5.53. The molecule has 0 saturated carbocycles. The molecule has 0 spiro atoms. The Bertz CT molecular complexity index is 523. The minimum Gasteiger partial charge on any atom is -0.493 e. The van der Waals surface area contributed by atoms with Gasteiger partial charge in [0.2, 0.25) is 5.89 Å². The van der Waals surface area contributed by atoms with Gasteiger partial charge in [-0.05, 0) is 13.0 Å². The summed E-state index contributed by atoms with van der Waals surface area (Å²) in [4.78, 5) is 8.37. The molecule has 0 saturated heterocycles. The van der Waals surface area contributed by atoms with Crippen molar-refractivity contribution in [1.29, 1.82) is 0 Å². The van der Waals surface area contributed by atoms with Crippen LogP contribution in [0.4, 0.5) is 5.69 Å². The van der Waals surface area contributed by atoms with E-state index in [0.29, 0.717) is 18.2 Å². The van der Waals surface area contributed by atoms with Crippen LogP contribution in [0, 0.1) is 6.92 Å². The van der Waals surface area contributed by atoms with Gasteiger partial charge in [-0.2, -0.15) is 0 Å². The van der Waals surface area contributed by atoms with Gasteiger partial charge in [0, 0.05) is 12.1 Å². The van der Waals surface area contributed by atoms with Crippen molar-refractivity contribution in [3.63, 3.8) is 0 Å². The smallest absolute Gasteiger partial charge is 0.213 e. The first-order valence-electron chi connectivity index (χ1n) is 5.91. The summed E-state index contributed by atoms with van der Waals surface area (Å²) < 4.78 is 10.8. The molecular formula is C13H17N3O2. The summed E-state index contributed by atoms with van der Waals surface area (Å²) in [5.74, 6) is 2.27. The molecule has 0 fully saturated rings. The number of aryl methyl sites for hydroxylation is 2. The van der Waals surface area contributed by atoms with Crippen LogP contribution >= 0.6 is 0 Å². The first kappa shape index (κ1) is 12.4. The molecule has 96 valence electrons. The Kier molecular flexibility index (Phi) is 3.82. The van der Waals surface area contributed by atoms with Gasteiger partial charge in [0.25, 0.3) is 0 Å². The van der Waals surface area contributed by atoms with Crippen molar-refractivity contribution in [3.05, 3.63) is 35.8 Å². The predicted molar refractivity (Wildman–Crippen MR) is 68.7 cm³/mol. The monoisotopic (exact) mass is 247 g/mol. The van der Waals surface area contributed by atoms with Gasteiger partial charge >= 0.3 is 0 Å². The lowest BCUT2D eigenvalue weighted by Gasteiger charge is -2.09. The molecule has 2 aromatic rings. The van der Waals surface area contributed by atoms with E-state index in [1.807, 2.05) is 19.9 Å². The Labute approximate surface area is 106 Å². The van der Waals surface area contributed by atoms with Crippen molar-refractivity contribution in [2.24, 2.45) is 0 Å². The van der Waals surface area contributed by atoms with Crippen LogP contribution in [-0.4, -0.2) is 17.1 Å². The van der Waals surface area contributed by atoms with Gasteiger partial charge in [-0.15, -0.1) is 0 Å². The van der Waals surface area contributed by atoms with Crippen LogP contribution in [0.3, 0.4) is 0 Å². The molecule has 0 atom stereocenters. The fourth-order valence-corrected chi connectivity index (χ4v) is 1.61. The van der Waals surface area contributed by atoms with Crippen LogP contribution in [0.15, 0.2) is 22.9 Å². The van der Waals surface area contributed by atoms with Crippen LogP contribution in [0.5, 0.6) is 5.75 Å². The number of ether oxygens (including phenoxy) is 1. The fraction of sp³-hybridized carbons (Fsp3) is 0.385. The van der Waals surface area contributed by atoms with E-state index < -0.39 is 0 Å². The van der Waals surface area contributed by atoms with E-state index >= 15 is 0 Å². The van der Waals surface area contributed by atoms with E-state index in [0.717, 1.165) is 23.6 Å². The average molecular weight is 247 g/mol. The molecule has 0 aliphatic heterocycles. The largest absolute Gasteiger partial charge is 0.493 e. The van der Waals surface area contributed by atoms with Crippen molar-refractivity contribution in [3.8, 4) is 5.75 Å². The SMILES string of the molecule is CCc1cnc(CNc2cc(C)ncc2OC)o1. The van der Waals surface area contributed by atoms with E-state index in [2.05, 4.69) is 15.3 Å². The number of aromatic nitrogens is 2. The summed E-state index contributed by atoms with van der Waals surface area (Å²) in [5.41, 5.74) is 1.82. The quantitative estimate of drug-likeness (QED) is 0.879. The highest BCUT2D eigenvalue weighted by Crippen LogP contribution is 2.24. The van der Waals surface area contributed by atoms with Crippen LogP contribution in [0.1, 0.15) is 24.3 Å². The highest BCUT2D eigenvalue weighted by molar-refractivity contribution is 5.55. The Morgan fingerprint density at radius 3 is 2.83 bits per heavy atom. The highest BCUT2D eigenvalue weighted by Gasteiger charge is 2.06. The van der Waals surface area contributed by atoms with Crippen molar-refractivity contribution >= 4 is 5.69 Å². The third-order valence-electron chi connectivity index (χ3n) is 2.60. The Hall–Kier alpha value is -2.04. The first-order chi connectivity index (χ1) is 8.72. The molecule has 5 heteroatoms. The zero-order valence-electron chi connectivity index (χ0n) is 10.9. The number of hydrogen-bond donors (Lipinski definition) is 1. The number of nitrogens with one attached hydrogen (secondary N) is 1. The normalized spacial score (nSPS) is 10.4. The molecule has 5 nitrogen and oxygen atoms in total. The van der Waals surface area contributed by atoms with E-state index in [-0.39, 0.29) is 0 Å². The standard InChI is InChI=1S/C13H17N3O2/c1-4-10-6-16-13(18-10)8-15-11-5-9(2)14-7-12(11)17-3/h5-7H,4,8H2,1-3H3,(H,14,15). The molecular weight excluding hydrogens is 230 g/mol. The summed E-state index contributed by atoms with van der Waals surface area (Å²) in [6.45, 7) is 4.50. The predicted octanol–water partition coefficient (Wildman–Crippen LogP) is 2.56. The number of hydrogen-bond acceptors (Lipinski definition) is 5. The molecule has 18 heavy (non-hydrogen) atoms. The topological polar surface area (TPSA) is 60.2 Å². The van der Waals surface area contributed by atoms with Gasteiger partial charge in [0.15, 0.2) is 5.75 Å². The molecule has 0 aliphatic rings. The summed E-state index contributed by atoms with van der Waals surface area (Å²) in [5, 5.41) is 3.24. The molecule has 2 rings (SSSR count). The fourth-order valence-electron chi connectivity index (χ4n) is 1.61. The maximum Gasteiger partial charge on any atom is 0.213 e. The molecule has 0 radical (unpaired) electrons. The molecule has 2 aromatic heterocycles. The van der Waals surface area contributed by atoms with Gasteiger partial charge in [0.05, 0.1) is 31.7 Å². The van der Waals surface area contributed by atoms with Crippen molar-refractivity contribution < 1.29 is 9.15 Å². The van der Waals surface area contributed by atoms with Crippen molar-refractivity contribution in [1.82, 2.24) is 9.97 Å². The zero-order valence-corrected chi connectivity index (χ0v) is 10.9. The van der Waals surface area contributed by atoms with Crippen LogP contribution in [0.25, 0.3) is 0 Å². The number of methoxy groups -OCH3 is 1. The number of pyridine rings is 1. The van der Waals surface area contributed by atoms with E-state index in [1.54, 1.807) is 19.5 Å². The minimum atomic E-state index is 0.528. The number of anilines is 1. The summed E-state index contributed by atoms with van der Waals surface area (Å²) in [6.07, 6.45) is 4.31. The third kappa shape index (κ3) is 2.80. The second-order valence-corrected chi connectivity index (χ2v) is 3.95. The van der Waals surface area contributed by atoms with Crippen LogP contribution in [-0.2, 0) is 13.0 Å². The summed E-state index contributed by atoms with van der Waals surface area (Å²) in [7, 11) is 1.62. The van der Waals surface area contributed by atoms with Crippen molar-refractivity contribution in [2.45, 2.75) is 26.8 Å². The molecule has 0 aromatic carbocycles. The maximum absolute atomic E-state index is 5.53. The lowest BCUT2D eigenvalue weighted by atomic mass is 10.3.